The van der Waals surface area contributed by atoms with Gasteiger partial charge in [0.1, 0.15) is 0 Å². The molecule has 1 heterocycles. The highest BCUT2D eigenvalue weighted by atomic mass is 32.2. The number of aromatic nitrogens is 2. The molecule has 5 nitrogen and oxygen atoms in total. The molecule has 0 bridgehead atoms. The molecule has 1 aromatic heterocycles. The van der Waals surface area contributed by atoms with Crippen molar-refractivity contribution in [3.8, 4) is 11.5 Å². The molecule has 134 valence electrons. The van der Waals surface area contributed by atoms with E-state index < -0.39 is 22.8 Å². The van der Waals surface area contributed by atoms with Gasteiger partial charge in [0.2, 0.25) is 11.8 Å². The lowest BCUT2D eigenvalue weighted by atomic mass is 10.1. The Balaban J connectivity index is 1.64. The first-order valence-electron chi connectivity index (χ1n) is 7.75. The summed E-state index contributed by atoms with van der Waals surface area (Å²) in [7, 11) is 0. The molecular weight excluding hydrogens is 360 g/mol. The molecule has 0 aliphatic heterocycles. The van der Waals surface area contributed by atoms with Crippen LogP contribution in [-0.4, -0.2) is 21.4 Å². The first kappa shape index (κ1) is 18.1. The van der Waals surface area contributed by atoms with Gasteiger partial charge in [-0.2, -0.15) is 0 Å². The van der Waals surface area contributed by atoms with E-state index in [4.69, 9.17) is 4.42 Å². The molecule has 1 amide bonds. The molecule has 1 atom stereocenters. The molecular formula is C18H15F2N3O2S. The average Bonchev–Trinajstić information content (AvgIpc) is 3.07. The topological polar surface area (TPSA) is 68.0 Å². The van der Waals surface area contributed by atoms with Crippen LogP contribution in [-0.2, 0) is 4.79 Å². The number of amides is 1. The first-order chi connectivity index (χ1) is 12.4. The molecule has 2 aromatic carbocycles. The molecule has 0 spiro atoms. The summed E-state index contributed by atoms with van der Waals surface area (Å²) in [6.07, 6.45) is 0. The number of benzene rings is 2. The highest BCUT2D eigenvalue weighted by Gasteiger charge is 2.19. The van der Waals surface area contributed by atoms with E-state index in [9.17, 15) is 13.6 Å². The maximum Gasteiger partial charge on any atom is 0.277 e. The van der Waals surface area contributed by atoms with Crippen LogP contribution in [0.3, 0.4) is 0 Å². The van der Waals surface area contributed by atoms with Crippen LogP contribution in [0.25, 0.3) is 11.5 Å². The molecule has 1 N–H and O–H groups in total. The fourth-order valence-corrected chi connectivity index (χ4v) is 2.78. The van der Waals surface area contributed by atoms with Gasteiger partial charge in [-0.05, 0) is 38.1 Å². The van der Waals surface area contributed by atoms with Crippen molar-refractivity contribution in [1.29, 1.82) is 0 Å². The molecule has 0 aliphatic carbocycles. The average molecular weight is 375 g/mol. The minimum atomic E-state index is -1.03. The second-order valence-electron chi connectivity index (χ2n) is 5.62. The Kier molecular flexibility index (Phi) is 5.32. The second-order valence-corrected chi connectivity index (χ2v) is 6.91. The van der Waals surface area contributed by atoms with Crippen molar-refractivity contribution in [3.05, 3.63) is 59.7 Å². The second kappa shape index (κ2) is 7.65. The van der Waals surface area contributed by atoms with E-state index in [1.807, 2.05) is 31.2 Å². The van der Waals surface area contributed by atoms with Crippen LogP contribution in [0.2, 0.25) is 0 Å². The van der Waals surface area contributed by atoms with E-state index in [-0.39, 0.29) is 10.9 Å². The highest BCUT2D eigenvalue weighted by molar-refractivity contribution is 8.00. The molecule has 3 aromatic rings. The highest BCUT2D eigenvalue weighted by Crippen LogP contribution is 2.27. The van der Waals surface area contributed by atoms with E-state index in [2.05, 4.69) is 15.5 Å². The minimum Gasteiger partial charge on any atom is -0.411 e. The van der Waals surface area contributed by atoms with Crippen LogP contribution in [0.1, 0.15) is 12.5 Å². The van der Waals surface area contributed by atoms with E-state index >= 15 is 0 Å². The summed E-state index contributed by atoms with van der Waals surface area (Å²) < 4.78 is 31.7. The Morgan fingerprint density at radius 2 is 1.85 bits per heavy atom. The van der Waals surface area contributed by atoms with Crippen LogP contribution in [0.4, 0.5) is 14.5 Å². The fourth-order valence-electron chi connectivity index (χ4n) is 2.09. The number of rotatable bonds is 5. The predicted octanol–water partition coefficient (Wildman–Crippen LogP) is 4.44. The van der Waals surface area contributed by atoms with Crippen molar-refractivity contribution < 1.29 is 18.0 Å². The Hall–Kier alpha value is -2.74. The number of hydrogen-bond acceptors (Lipinski definition) is 5. The Morgan fingerprint density at radius 3 is 2.54 bits per heavy atom. The zero-order chi connectivity index (χ0) is 18.7. The van der Waals surface area contributed by atoms with Gasteiger partial charge in [0.15, 0.2) is 11.6 Å². The van der Waals surface area contributed by atoms with Gasteiger partial charge in [-0.1, -0.05) is 29.5 Å². The van der Waals surface area contributed by atoms with E-state index in [1.165, 1.54) is 6.07 Å². The van der Waals surface area contributed by atoms with Crippen LogP contribution in [0, 0.1) is 18.6 Å². The Morgan fingerprint density at radius 1 is 1.12 bits per heavy atom. The van der Waals surface area contributed by atoms with Gasteiger partial charge in [0, 0.05) is 17.3 Å². The zero-order valence-electron chi connectivity index (χ0n) is 14.0. The maximum absolute atomic E-state index is 13.2. The third kappa shape index (κ3) is 4.26. The Labute approximate surface area is 152 Å². The summed E-state index contributed by atoms with van der Waals surface area (Å²) in [5.41, 5.74) is 2.08. The van der Waals surface area contributed by atoms with Crippen molar-refractivity contribution in [2.75, 3.05) is 5.32 Å². The summed E-state index contributed by atoms with van der Waals surface area (Å²) in [5.74, 6) is -2.03. The van der Waals surface area contributed by atoms with Crippen molar-refractivity contribution >= 4 is 23.4 Å². The SMILES string of the molecule is Cc1ccc(-c2nnc(S[C@H](C)C(=O)Nc3ccc(F)c(F)c3)o2)cc1. The third-order valence-corrected chi connectivity index (χ3v) is 4.47. The molecule has 0 aliphatic rings. The normalized spacial score (nSPS) is 12.0. The summed E-state index contributed by atoms with van der Waals surface area (Å²) in [4.78, 5) is 12.2. The third-order valence-electron chi connectivity index (χ3n) is 3.54. The summed E-state index contributed by atoms with van der Waals surface area (Å²) in [6, 6.07) is 10.8. The van der Waals surface area contributed by atoms with Crippen LogP contribution in [0.15, 0.2) is 52.1 Å². The first-order valence-corrected chi connectivity index (χ1v) is 8.63. The number of nitrogens with one attached hydrogen (secondary N) is 1. The summed E-state index contributed by atoms with van der Waals surface area (Å²) in [5, 5.41) is 10.1. The van der Waals surface area contributed by atoms with Crippen molar-refractivity contribution in [3.63, 3.8) is 0 Å². The van der Waals surface area contributed by atoms with Crippen molar-refractivity contribution in [2.45, 2.75) is 24.3 Å². The quantitative estimate of drug-likeness (QED) is 0.668. The summed E-state index contributed by atoms with van der Waals surface area (Å²) >= 11 is 1.08. The number of halogens is 2. The number of aryl methyl sites for hydroxylation is 1. The number of nitrogens with zero attached hydrogens (tertiary/aromatic N) is 2. The fraction of sp³-hybridized carbons (Fsp3) is 0.167. The monoisotopic (exact) mass is 375 g/mol. The standard InChI is InChI=1S/C18H15F2N3O2S/c1-10-3-5-12(6-4-10)17-22-23-18(25-17)26-11(2)16(24)21-13-7-8-14(19)15(20)9-13/h3-9,11H,1-2H3,(H,21,24)/t11-/m1/s1. The van der Waals surface area contributed by atoms with Crippen molar-refractivity contribution in [1.82, 2.24) is 10.2 Å². The molecule has 0 radical (unpaired) electrons. The predicted molar refractivity (Wildman–Crippen MR) is 94.8 cm³/mol. The van der Waals surface area contributed by atoms with Gasteiger partial charge in [-0.25, -0.2) is 8.78 Å². The lowest BCUT2D eigenvalue weighted by molar-refractivity contribution is -0.115. The van der Waals surface area contributed by atoms with Crippen LogP contribution in [0.5, 0.6) is 0 Å². The van der Waals surface area contributed by atoms with E-state index in [0.717, 1.165) is 35.0 Å². The lowest BCUT2D eigenvalue weighted by Gasteiger charge is -2.10. The minimum absolute atomic E-state index is 0.173. The largest absolute Gasteiger partial charge is 0.411 e. The lowest BCUT2D eigenvalue weighted by Crippen LogP contribution is -2.22. The van der Waals surface area contributed by atoms with Gasteiger partial charge in [-0.15, -0.1) is 10.2 Å². The van der Waals surface area contributed by atoms with Gasteiger partial charge >= 0.3 is 0 Å². The van der Waals surface area contributed by atoms with E-state index in [0.29, 0.717) is 5.89 Å². The smallest absolute Gasteiger partial charge is 0.277 e. The van der Waals surface area contributed by atoms with Crippen molar-refractivity contribution in [2.24, 2.45) is 0 Å². The molecule has 8 heteroatoms. The van der Waals surface area contributed by atoms with Gasteiger partial charge in [0.25, 0.3) is 5.22 Å². The van der Waals surface area contributed by atoms with Gasteiger partial charge in [0.05, 0.1) is 5.25 Å². The maximum atomic E-state index is 13.2. The number of anilines is 1. The zero-order valence-corrected chi connectivity index (χ0v) is 14.8. The molecule has 0 fully saturated rings. The number of thioether (sulfide) groups is 1. The number of carbonyl (C=O) groups is 1. The van der Waals surface area contributed by atoms with E-state index in [1.54, 1.807) is 6.92 Å². The summed E-state index contributed by atoms with van der Waals surface area (Å²) in [6.45, 7) is 3.63. The number of carbonyl (C=O) groups excluding carboxylic acids is 1. The van der Waals surface area contributed by atoms with Gasteiger partial charge < -0.3 is 9.73 Å². The van der Waals surface area contributed by atoms with Crippen LogP contribution < -0.4 is 5.32 Å². The molecule has 0 saturated heterocycles. The van der Waals surface area contributed by atoms with Crippen LogP contribution >= 0.6 is 11.8 Å². The molecule has 26 heavy (non-hydrogen) atoms. The molecule has 0 saturated carbocycles. The molecule has 0 unspecified atom stereocenters. The van der Waals surface area contributed by atoms with Gasteiger partial charge in [-0.3, -0.25) is 4.79 Å². The Bertz CT molecular complexity index is 928. The molecule has 3 rings (SSSR count). The number of hydrogen-bond donors (Lipinski definition) is 1.